The highest BCUT2D eigenvalue weighted by atomic mass is 16.3. The molecular formula is C20H18N2O. The lowest BCUT2D eigenvalue weighted by molar-refractivity contribution is 0.475. The van der Waals surface area contributed by atoms with Crippen molar-refractivity contribution in [3.8, 4) is 5.75 Å². The van der Waals surface area contributed by atoms with Crippen LogP contribution in [-0.2, 0) is 12.8 Å². The van der Waals surface area contributed by atoms with E-state index in [0.717, 1.165) is 36.1 Å². The van der Waals surface area contributed by atoms with E-state index in [0.29, 0.717) is 5.75 Å². The van der Waals surface area contributed by atoms with Gasteiger partial charge < -0.3 is 10.1 Å². The number of aromatic hydroxyl groups is 1. The Labute approximate surface area is 134 Å². The second-order valence-corrected chi connectivity index (χ2v) is 5.92. The minimum Gasteiger partial charge on any atom is -0.508 e. The lowest BCUT2D eigenvalue weighted by atomic mass is 10.1. The fourth-order valence-electron chi connectivity index (χ4n) is 2.99. The summed E-state index contributed by atoms with van der Waals surface area (Å²) >= 11 is 0. The number of aromatic nitrogens is 2. The van der Waals surface area contributed by atoms with E-state index in [1.165, 1.54) is 16.3 Å². The van der Waals surface area contributed by atoms with E-state index in [1.54, 1.807) is 12.1 Å². The number of benzene rings is 3. The van der Waals surface area contributed by atoms with E-state index >= 15 is 0 Å². The van der Waals surface area contributed by atoms with Gasteiger partial charge in [-0.25, -0.2) is 4.98 Å². The maximum absolute atomic E-state index is 9.31. The molecule has 0 bridgehead atoms. The summed E-state index contributed by atoms with van der Waals surface area (Å²) in [6.07, 6.45) is 2.94. The minimum absolute atomic E-state index is 0.318. The Hall–Kier alpha value is -2.81. The van der Waals surface area contributed by atoms with Crippen molar-refractivity contribution in [2.45, 2.75) is 19.3 Å². The van der Waals surface area contributed by atoms with Gasteiger partial charge in [-0.2, -0.15) is 0 Å². The van der Waals surface area contributed by atoms with Crippen molar-refractivity contribution in [2.24, 2.45) is 0 Å². The Morgan fingerprint density at radius 3 is 2.39 bits per heavy atom. The monoisotopic (exact) mass is 302 g/mol. The van der Waals surface area contributed by atoms with Gasteiger partial charge in [0.25, 0.3) is 0 Å². The molecular weight excluding hydrogens is 284 g/mol. The van der Waals surface area contributed by atoms with Crippen molar-refractivity contribution in [1.82, 2.24) is 9.97 Å². The quantitative estimate of drug-likeness (QED) is 0.579. The maximum Gasteiger partial charge on any atom is 0.115 e. The van der Waals surface area contributed by atoms with E-state index in [1.807, 2.05) is 12.1 Å². The average Bonchev–Trinajstić information content (AvgIpc) is 2.96. The first kappa shape index (κ1) is 13.8. The Kier molecular flexibility index (Phi) is 3.46. The molecule has 0 radical (unpaired) electrons. The van der Waals surface area contributed by atoms with Crippen LogP contribution in [0.2, 0.25) is 0 Å². The molecule has 114 valence electrons. The number of aromatic amines is 1. The number of nitrogens with zero attached hydrogens (tertiary/aromatic N) is 1. The number of fused-ring (bicyclic) bond motifs is 2. The highest BCUT2D eigenvalue weighted by Gasteiger charge is 2.05. The molecule has 0 aliphatic carbocycles. The van der Waals surface area contributed by atoms with Crippen LogP contribution in [-0.4, -0.2) is 15.1 Å². The fourth-order valence-corrected chi connectivity index (χ4v) is 2.99. The first-order valence-electron chi connectivity index (χ1n) is 7.93. The predicted octanol–water partition coefficient (Wildman–Crippen LogP) is 4.60. The highest BCUT2D eigenvalue weighted by Crippen LogP contribution is 2.21. The van der Waals surface area contributed by atoms with Gasteiger partial charge in [-0.3, -0.25) is 0 Å². The standard InChI is InChI=1S/C20H18N2O/c23-17-10-8-14(9-11-17)4-3-7-20-21-18-12-15-5-1-2-6-16(15)13-19(18)22-20/h1-2,5-6,8-13,23H,3-4,7H2,(H,21,22). The number of rotatable bonds is 4. The molecule has 0 spiro atoms. The van der Waals surface area contributed by atoms with Gasteiger partial charge in [-0.05, 0) is 53.4 Å². The number of aryl methyl sites for hydroxylation is 2. The average molecular weight is 302 g/mol. The van der Waals surface area contributed by atoms with E-state index in [4.69, 9.17) is 4.98 Å². The van der Waals surface area contributed by atoms with Gasteiger partial charge in [0.1, 0.15) is 11.6 Å². The molecule has 3 heteroatoms. The first-order chi connectivity index (χ1) is 11.3. The fraction of sp³-hybridized carbons (Fsp3) is 0.150. The van der Waals surface area contributed by atoms with Crippen LogP contribution in [0.5, 0.6) is 5.75 Å². The van der Waals surface area contributed by atoms with Crippen LogP contribution >= 0.6 is 0 Å². The third-order valence-electron chi connectivity index (χ3n) is 4.21. The number of hydrogen-bond donors (Lipinski definition) is 2. The van der Waals surface area contributed by atoms with E-state index < -0.39 is 0 Å². The molecule has 0 saturated heterocycles. The van der Waals surface area contributed by atoms with Crippen molar-refractivity contribution >= 4 is 21.8 Å². The third kappa shape index (κ3) is 2.90. The molecule has 1 heterocycles. The minimum atomic E-state index is 0.318. The van der Waals surface area contributed by atoms with Crippen molar-refractivity contribution < 1.29 is 5.11 Å². The Morgan fingerprint density at radius 1 is 0.870 bits per heavy atom. The predicted molar refractivity (Wildman–Crippen MR) is 93.7 cm³/mol. The smallest absolute Gasteiger partial charge is 0.115 e. The lowest BCUT2D eigenvalue weighted by Crippen LogP contribution is -1.91. The van der Waals surface area contributed by atoms with Crippen LogP contribution in [0.4, 0.5) is 0 Å². The molecule has 0 unspecified atom stereocenters. The zero-order valence-corrected chi connectivity index (χ0v) is 12.8. The van der Waals surface area contributed by atoms with E-state index in [2.05, 4.69) is 41.4 Å². The highest BCUT2D eigenvalue weighted by molar-refractivity contribution is 5.95. The Bertz CT molecular complexity index is 902. The second-order valence-electron chi connectivity index (χ2n) is 5.92. The summed E-state index contributed by atoms with van der Waals surface area (Å²) in [6.45, 7) is 0. The normalized spacial score (nSPS) is 11.3. The maximum atomic E-state index is 9.31. The van der Waals surface area contributed by atoms with Gasteiger partial charge >= 0.3 is 0 Å². The van der Waals surface area contributed by atoms with Gasteiger partial charge in [0.2, 0.25) is 0 Å². The van der Waals surface area contributed by atoms with Gasteiger partial charge in [0, 0.05) is 6.42 Å². The van der Waals surface area contributed by atoms with Crippen LogP contribution in [0.3, 0.4) is 0 Å². The summed E-state index contributed by atoms with van der Waals surface area (Å²) < 4.78 is 0. The summed E-state index contributed by atoms with van der Waals surface area (Å²) in [5.41, 5.74) is 3.37. The number of nitrogens with one attached hydrogen (secondary N) is 1. The number of phenolic OH excluding ortho intramolecular Hbond substituents is 1. The van der Waals surface area contributed by atoms with Crippen LogP contribution < -0.4 is 0 Å². The number of imidazole rings is 1. The number of H-pyrrole nitrogens is 1. The first-order valence-corrected chi connectivity index (χ1v) is 7.93. The number of hydrogen-bond acceptors (Lipinski definition) is 2. The zero-order chi connectivity index (χ0) is 15.6. The molecule has 1 aromatic heterocycles. The molecule has 3 aromatic carbocycles. The van der Waals surface area contributed by atoms with Crippen LogP contribution in [0.15, 0.2) is 60.7 Å². The van der Waals surface area contributed by atoms with E-state index in [-0.39, 0.29) is 0 Å². The van der Waals surface area contributed by atoms with E-state index in [9.17, 15) is 5.11 Å². The van der Waals surface area contributed by atoms with Crippen molar-refractivity contribution in [3.05, 3.63) is 72.1 Å². The van der Waals surface area contributed by atoms with Gasteiger partial charge in [-0.15, -0.1) is 0 Å². The van der Waals surface area contributed by atoms with Gasteiger partial charge in [0.15, 0.2) is 0 Å². The molecule has 0 aliphatic heterocycles. The van der Waals surface area contributed by atoms with Crippen LogP contribution in [0, 0.1) is 0 Å². The summed E-state index contributed by atoms with van der Waals surface area (Å²) in [5.74, 6) is 1.35. The summed E-state index contributed by atoms with van der Waals surface area (Å²) in [7, 11) is 0. The Morgan fingerprint density at radius 2 is 1.61 bits per heavy atom. The largest absolute Gasteiger partial charge is 0.508 e. The van der Waals surface area contributed by atoms with Gasteiger partial charge in [-0.1, -0.05) is 36.4 Å². The molecule has 4 rings (SSSR count). The van der Waals surface area contributed by atoms with Crippen LogP contribution in [0.1, 0.15) is 17.8 Å². The molecule has 0 saturated carbocycles. The lowest BCUT2D eigenvalue weighted by Gasteiger charge is -2.00. The van der Waals surface area contributed by atoms with Gasteiger partial charge in [0.05, 0.1) is 11.0 Å². The number of phenols is 1. The molecule has 0 aliphatic rings. The van der Waals surface area contributed by atoms with Crippen molar-refractivity contribution in [3.63, 3.8) is 0 Å². The molecule has 23 heavy (non-hydrogen) atoms. The zero-order valence-electron chi connectivity index (χ0n) is 12.8. The van der Waals surface area contributed by atoms with Crippen LogP contribution in [0.25, 0.3) is 21.8 Å². The topological polar surface area (TPSA) is 48.9 Å². The SMILES string of the molecule is Oc1ccc(CCCc2nc3cc4ccccc4cc3[nH]2)cc1. The third-order valence-corrected chi connectivity index (χ3v) is 4.21. The van der Waals surface area contributed by atoms with Crippen molar-refractivity contribution in [2.75, 3.05) is 0 Å². The molecule has 0 fully saturated rings. The molecule has 2 N–H and O–H groups in total. The Balaban J connectivity index is 1.50. The summed E-state index contributed by atoms with van der Waals surface area (Å²) in [4.78, 5) is 8.14. The molecule has 4 aromatic rings. The second kappa shape index (κ2) is 5.76. The summed E-state index contributed by atoms with van der Waals surface area (Å²) in [5, 5.41) is 11.8. The molecule has 0 atom stereocenters. The van der Waals surface area contributed by atoms with Crippen molar-refractivity contribution in [1.29, 1.82) is 0 Å². The molecule has 0 amide bonds. The molecule has 3 nitrogen and oxygen atoms in total. The summed E-state index contributed by atoms with van der Waals surface area (Å²) in [6, 6.07) is 20.1.